The zero-order chi connectivity index (χ0) is 15.3. The van der Waals surface area contributed by atoms with Gasteiger partial charge in [-0.3, -0.25) is 9.59 Å². The van der Waals surface area contributed by atoms with Crippen LogP contribution in [0.1, 0.15) is 38.1 Å². The van der Waals surface area contributed by atoms with Crippen molar-refractivity contribution in [3.05, 3.63) is 29.8 Å². The molecule has 0 bridgehead atoms. The van der Waals surface area contributed by atoms with Crippen LogP contribution < -0.4 is 16.4 Å². The van der Waals surface area contributed by atoms with E-state index in [2.05, 4.69) is 10.6 Å². The summed E-state index contributed by atoms with van der Waals surface area (Å²) >= 11 is 0. The van der Waals surface area contributed by atoms with Gasteiger partial charge in [0.1, 0.15) is 0 Å². The predicted octanol–water partition coefficient (Wildman–Crippen LogP) is 1.75. The van der Waals surface area contributed by atoms with Crippen molar-refractivity contribution < 1.29 is 9.59 Å². The molecule has 20 heavy (non-hydrogen) atoms. The van der Waals surface area contributed by atoms with Crippen molar-refractivity contribution in [1.82, 2.24) is 5.32 Å². The molecule has 0 aliphatic rings. The molecule has 1 aromatic carbocycles. The Morgan fingerprint density at radius 1 is 1.05 bits per heavy atom. The van der Waals surface area contributed by atoms with E-state index in [1.165, 1.54) is 0 Å². The first-order chi connectivity index (χ1) is 9.31. The first-order valence-electron chi connectivity index (χ1n) is 6.78. The van der Waals surface area contributed by atoms with Crippen LogP contribution >= 0.6 is 0 Å². The van der Waals surface area contributed by atoms with Crippen LogP contribution in [-0.2, 0) is 4.79 Å². The summed E-state index contributed by atoms with van der Waals surface area (Å²) in [6, 6.07) is 6.29. The second-order valence-corrected chi connectivity index (χ2v) is 5.46. The van der Waals surface area contributed by atoms with Crippen molar-refractivity contribution in [2.45, 2.75) is 39.8 Å². The van der Waals surface area contributed by atoms with Gasteiger partial charge in [-0.15, -0.1) is 0 Å². The molecular weight excluding hydrogens is 254 g/mol. The zero-order valence-electron chi connectivity index (χ0n) is 12.4. The number of amides is 2. The number of carbonyl (C=O) groups is 2. The van der Waals surface area contributed by atoms with Gasteiger partial charge in [0, 0.05) is 17.3 Å². The van der Waals surface area contributed by atoms with E-state index in [-0.39, 0.29) is 23.8 Å². The molecule has 1 aromatic rings. The van der Waals surface area contributed by atoms with Gasteiger partial charge < -0.3 is 16.4 Å². The highest BCUT2D eigenvalue weighted by molar-refractivity contribution is 5.97. The molecule has 110 valence electrons. The maximum Gasteiger partial charge on any atom is 0.251 e. The van der Waals surface area contributed by atoms with Crippen molar-refractivity contribution in [2.75, 3.05) is 5.32 Å². The fourth-order valence-corrected chi connectivity index (χ4v) is 1.58. The monoisotopic (exact) mass is 277 g/mol. The highest BCUT2D eigenvalue weighted by Gasteiger charge is 2.17. The standard InChI is InChI=1S/C15H23N3O2/c1-9(2)13(16)15(20)18-12-7-5-11(6-8-12)14(19)17-10(3)4/h5-10,13H,16H2,1-4H3,(H,17,19)(H,18,20). The molecule has 2 amide bonds. The highest BCUT2D eigenvalue weighted by Crippen LogP contribution is 2.11. The van der Waals surface area contributed by atoms with Gasteiger partial charge in [0.05, 0.1) is 6.04 Å². The molecule has 0 aromatic heterocycles. The van der Waals surface area contributed by atoms with Crippen LogP contribution in [0.5, 0.6) is 0 Å². The molecular formula is C15H23N3O2. The lowest BCUT2D eigenvalue weighted by Gasteiger charge is -2.15. The first kappa shape index (κ1) is 16.2. The Bertz CT molecular complexity index is 467. The molecule has 0 saturated carbocycles. The van der Waals surface area contributed by atoms with E-state index in [4.69, 9.17) is 5.73 Å². The molecule has 0 heterocycles. The Labute approximate surface area is 119 Å². The SMILES string of the molecule is CC(C)NC(=O)c1ccc(NC(=O)C(N)C(C)C)cc1. The summed E-state index contributed by atoms with van der Waals surface area (Å²) in [4.78, 5) is 23.6. The van der Waals surface area contributed by atoms with Crippen molar-refractivity contribution in [2.24, 2.45) is 11.7 Å². The summed E-state index contributed by atoms with van der Waals surface area (Å²) < 4.78 is 0. The summed E-state index contributed by atoms with van der Waals surface area (Å²) in [5, 5.41) is 5.54. The minimum absolute atomic E-state index is 0.0751. The summed E-state index contributed by atoms with van der Waals surface area (Å²) in [5.41, 5.74) is 6.96. The predicted molar refractivity (Wildman–Crippen MR) is 80.5 cm³/mol. The Balaban J connectivity index is 2.67. The average Bonchev–Trinajstić information content (AvgIpc) is 2.37. The van der Waals surface area contributed by atoms with Gasteiger partial charge in [0.25, 0.3) is 5.91 Å². The van der Waals surface area contributed by atoms with Crippen molar-refractivity contribution in [3.8, 4) is 0 Å². The third-order valence-electron chi connectivity index (χ3n) is 2.86. The Morgan fingerprint density at radius 2 is 1.60 bits per heavy atom. The Morgan fingerprint density at radius 3 is 2.05 bits per heavy atom. The van der Waals surface area contributed by atoms with E-state index in [0.29, 0.717) is 11.3 Å². The second kappa shape index (κ2) is 7.05. The molecule has 1 unspecified atom stereocenters. The molecule has 0 aliphatic heterocycles. The molecule has 0 saturated heterocycles. The van der Waals surface area contributed by atoms with Crippen molar-refractivity contribution in [3.63, 3.8) is 0 Å². The molecule has 0 radical (unpaired) electrons. The average molecular weight is 277 g/mol. The van der Waals surface area contributed by atoms with E-state index < -0.39 is 6.04 Å². The van der Waals surface area contributed by atoms with Crippen LogP contribution in [0.4, 0.5) is 5.69 Å². The molecule has 1 atom stereocenters. The third-order valence-corrected chi connectivity index (χ3v) is 2.86. The van der Waals surface area contributed by atoms with Crippen LogP contribution in [-0.4, -0.2) is 23.9 Å². The number of carbonyl (C=O) groups excluding carboxylic acids is 2. The topological polar surface area (TPSA) is 84.2 Å². The second-order valence-electron chi connectivity index (χ2n) is 5.46. The highest BCUT2D eigenvalue weighted by atomic mass is 16.2. The third kappa shape index (κ3) is 4.66. The molecule has 4 N–H and O–H groups in total. The largest absolute Gasteiger partial charge is 0.350 e. The summed E-state index contributed by atoms with van der Waals surface area (Å²) in [6.07, 6.45) is 0. The molecule has 0 fully saturated rings. The van der Waals surface area contributed by atoms with E-state index in [0.717, 1.165) is 0 Å². The van der Waals surface area contributed by atoms with E-state index in [1.54, 1.807) is 24.3 Å². The van der Waals surface area contributed by atoms with Gasteiger partial charge in [-0.25, -0.2) is 0 Å². The minimum Gasteiger partial charge on any atom is -0.350 e. The molecule has 5 heteroatoms. The van der Waals surface area contributed by atoms with Gasteiger partial charge in [0.2, 0.25) is 5.91 Å². The van der Waals surface area contributed by atoms with Gasteiger partial charge in [-0.1, -0.05) is 13.8 Å². The molecule has 1 rings (SSSR count). The number of hydrogen-bond donors (Lipinski definition) is 3. The molecule has 0 aliphatic carbocycles. The van der Waals surface area contributed by atoms with Gasteiger partial charge in [0.15, 0.2) is 0 Å². The molecule has 0 spiro atoms. The summed E-state index contributed by atoms with van der Waals surface area (Å²) in [7, 11) is 0. The number of nitrogens with one attached hydrogen (secondary N) is 2. The Hall–Kier alpha value is -1.88. The van der Waals surface area contributed by atoms with Crippen LogP contribution in [0.2, 0.25) is 0 Å². The van der Waals surface area contributed by atoms with Crippen molar-refractivity contribution in [1.29, 1.82) is 0 Å². The zero-order valence-corrected chi connectivity index (χ0v) is 12.4. The lowest BCUT2D eigenvalue weighted by molar-refractivity contribution is -0.118. The smallest absolute Gasteiger partial charge is 0.251 e. The maximum atomic E-state index is 11.8. The number of rotatable bonds is 5. The van der Waals surface area contributed by atoms with E-state index >= 15 is 0 Å². The van der Waals surface area contributed by atoms with Crippen LogP contribution in [0, 0.1) is 5.92 Å². The van der Waals surface area contributed by atoms with Crippen LogP contribution in [0.3, 0.4) is 0 Å². The van der Waals surface area contributed by atoms with Crippen molar-refractivity contribution >= 4 is 17.5 Å². The number of nitrogens with two attached hydrogens (primary N) is 1. The number of anilines is 1. The number of hydrogen-bond acceptors (Lipinski definition) is 3. The Kier molecular flexibility index (Phi) is 5.70. The summed E-state index contributed by atoms with van der Waals surface area (Å²) in [5.74, 6) is -0.276. The van der Waals surface area contributed by atoms with Crippen LogP contribution in [0.15, 0.2) is 24.3 Å². The summed E-state index contributed by atoms with van der Waals surface area (Å²) in [6.45, 7) is 7.59. The fourth-order valence-electron chi connectivity index (χ4n) is 1.58. The van der Waals surface area contributed by atoms with Gasteiger partial charge >= 0.3 is 0 Å². The van der Waals surface area contributed by atoms with Gasteiger partial charge in [-0.05, 0) is 44.0 Å². The normalized spacial score (nSPS) is 12.3. The quantitative estimate of drug-likeness (QED) is 0.766. The van der Waals surface area contributed by atoms with E-state index in [9.17, 15) is 9.59 Å². The number of benzene rings is 1. The maximum absolute atomic E-state index is 11.8. The minimum atomic E-state index is -0.543. The van der Waals surface area contributed by atoms with Crippen LogP contribution in [0.25, 0.3) is 0 Å². The lowest BCUT2D eigenvalue weighted by atomic mass is 10.0. The molecule has 5 nitrogen and oxygen atoms in total. The van der Waals surface area contributed by atoms with Gasteiger partial charge in [-0.2, -0.15) is 0 Å². The van der Waals surface area contributed by atoms with E-state index in [1.807, 2.05) is 27.7 Å². The lowest BCUT2D eigenvalue weighted by Crippen LogP contribution is -2.39. The fraction of sp³-hybridized carbons (Fsp3) is 0.467. The first-order valence-corrected chi connectivity index (χ1v) is 6.78.